The number of halogens is 1. The summed E-state index contributed by atoms with van der Waals surface area (Å²) in [7, 11) is 1.50. The lowest BCUT2D eigenvalue weighted by molar-refractivity contribution is -0.138. The number of hydrogen-bond donors (Lipinski definition) is 2. The monoisotopic (exact) mass is 292 g/mol. The Morgan fingerprint density at radius 2 is 2.10 bits per heavy atom. The van der Waals surface area contributed by atoms with E-state index in [1.54, 1.807) is 36.4 Å². The lowest BCUT2D eigenvalue weighted by Crippen LogP contribution is -2.20. The van der Waals surface area contributed by atoms with Crippen LogP contribution in [0.25, 0.3) is 0 Å². The number of pyridine rings is 1. The number of hydrogen-bond acceptors (Lipinski definition) is 4. The zero-order valence-corrected chi connectivity index (χ0v) is 11.5. The fourth-order valence-electron chi connectivity index (χ4n) is 1.70. The van der Waals surface area contributed by atoms with Gasteiger partial charge in [-0.25, -0.2) is 9.78 Å². The zero-order chi connectivity index (χ0) is 14.5. The third-order valence-electron chi connectivity index (χ3n) is 2.72. The van der Waals surface area contributed by atoms with Gasteiger partial charge in [-0.2, -0.15) is 0 Å². The summed E-state index contributed by atoms with van der Waals surface area (Å²) in [4.78, 5) is 15.4. The number of aromatic nitrogens is 1. The van der Waals surface area contributed by atoms with Crippen LogP contribution < -0.4 is 10.1 Å². The molecule has 0 fully saturated rings. The standard InChI is InChI=1S/C14H13ClN2O3/c1-20-12-7-6-9(8-16-12)13(14(18)19)17-11-5-3-2-4-10(11)15/h2-8,13,17H,1H3,(H,18,19). The predicted octanol–water partition coefficient (Wildman–Crippen LogP) is 2.98. The number of methoxy groups -OCH3 is 1. The number of ether oxygens (including phenoxy) is 1. The molecule has 2 rings (SSSR count). The maximum atomic E-state index is 11.4. The molecule has 1 aromatic heterocycles. The van der Waals surface area contributed by atoms with E-state index in [0.717, 1.165) is 0 Å². The molecule has 1 atom stereocenters. The highest BCUT2D eigenvalue weighted by Gasteiger charge is 2.20. The zero-order valence-electron chi connectivity index (χ0n) is 10.7. The molecule has 5 nitrogen and oxygen atoms in total. The lowest BCUT2D eigenvalue weighted by Gasteiger charge is -2.17. The first-order valence-electron chi connectivity index (χ1n) is 5.85. The van der Waals surface area contributed by atoms with Crippen LogP contribution in [-0.2, 0) is 4.79 Å². The smallest absolute Gasteiger partial charge is 0.330 e. The Morgan fingerprint density at radius 1 is 1.35 bits per heavy atom. The average Bonchev–Trinajstić information content (AvgIpc) is 2.46. The maximum Gasteiger partial charge on any atom is 0.330 e. The van der Waals surface area contributed by atoms with Crippen molar-refractivity contribution in [2.45, 2.75) is 6.04 Å². The van der Waals surface area contributed by atoms with Crippen LogP contribution >= 0.6 is 11.6 Å². The van der Waals surface area contributed by atoms with Gasteiger partial charge in [-0.1, -0.05) is 23.7 Å². The Hall–Kier alpha value is -2.27. The van der Waals surface area contributed by atoms with E-state index < -0.39 is 12.0 Å². The molecule has 0 saturated carbocycles. The number of anilines is 1. The number of rotatable bonds is 5. The van der Waals surface area contributed by atoms with E-state index in [4.69, 9.17) is 16.3 Å². The van der Waals surface area contributed by atoms with Gasteiger partial charge in [0, 0.05) is 17.8 Å². The molecule has 104 valence electrons. The van der Waals surface area contributed by atoms with Crippen LogP contribution in [0.1, 0.15) is 11.6 Å². The van der Waals surface area contributed by atoms with Crippen molar-refractivity contribution >= 4 is 23.3 Å². The quantitative estimate of drug-likeness (QED) is 0.886. The van der Waals surface area contributed by atoms with Crippen molar-refractivity contribution in [1.82, 2.24) is 4.98 Å². The molecule has 2 N–H and O–H groups in total. The minimum absolute atomic E-state index is 0.427. The van der Waals surface area contributed by atoms with E-state index in [0.29, 0.717) is 22.2 Å². The second kappa shape index (κ2) is 6.25. The molecule has 1 unspecified atom stereocenters. The average molecular weight is 293 g/mol. The number of benzene rings is 1. The van der Waals surface area contributed by atoms with Crippen molar-refractivity contribution in [3.05, 3.63) is 53.2 Å². The van der Waals surface area contributed by atoms with E-state index in [1.807, 2.05) is 0 Å². The Bertz CT molecular complexity index is 602. The molecular formula is C14H13ClN2O3. The van der Waals surface area contributed by atoms with Crippen molar-refractivity contribution in [3.8, 4) is 5.88 Å². The van der Waals surface area contributed by atoms with Crippen molar-refractivity contribution in [2.75, 3.05) is 12.4 Å². The van der Waals surface area contributed by atoms with Gasteiger partial charge in [0.05, 0.1) is 17.8 Å². The van der Waals surface area contributed by atoms with Gasteiger partial charge in [0.2, 0.25) is 5.88 Å². The van der Waals surface area contributed by atoms with Crippen LogP contribution in [0.4, 0.5) is 5.69 Å². The van der Waals surface area contributed by atoms with Crippen LogP contribution in [0.15, 0.2) is 42.6 Å². The summed E-state index contributed by atoms with van der Waals surface area (Å²) >= 11 is 6.02. The number of carbonyl (C=O) groups is 1. The van der Waals surface area contributed by atoms with Crippen LogP contribution in [-0.4, -0.2) is 23.2 Å². The van der Waals surface area contributed by atoms with E-state index >= 15 is 0 Å². The molecule has 0 aliphatic carbocycles. The third-order valence-corrected chi connectivity index (χ3v) is 3.05. The van der Waals surface area contributed by atoms with E-state index in [-0.39, 0.29) is 0 Å². The molecular weight excluding hydrogens is 280 g/mol. The van der Waals surface area contributed by atoms with Gasteiger partial charge >= 0.3 is 5.97 Å². The second-order valence-electron chi connectivity index (χ2n) is 4.03. The van der Waals surface area contributed by atoms with E-state index in [2.05, 4.69) is 10.3 Å². The lowest BCUT2D eigenvalue weighted by atomic mass is 10.1. The largest absolute Gasteiger partial charge is 0.481 e. The van der Waals surface area contributed by atoms with Crippen molar-refractivity contribution < 1.29 is 14.6 Å². The SMILES string of the molecule is COc1ccc(C(Nc2ccccc2Cl)C(=O)O)cn1. The molecule has 1 aromatic carbocycles. The van der Waals surface area contributed by atoms with Gasteiger partial charge < -0.3 is 15.2 Å². The van der Waals surface area contributed by atoms with Gasteiger partial charge in [-0.05, 0) is 18.2 Å². The Labute approximate surface area is 121 Å². The topological polar surface area (TPSA) is 71.5 Å². The van der Waals surface area contributed by atoms with Crippen LogP contribution in [0.5, 0.6) is 5.88 Å². The van der Waals surface area contributed by atoms with Crippen molar-refractivity contribution in [2.24, 2.45) is 0 Å². The normalized spacial score (nSPS) is 11.7. The van der Waals surface area contributed by atoms with Gasteiger partial charge in [-0.15, -0.1) is 0 Å². The fourth-order valence-corrected chi connectivity index (χ4v) is 1.89. The van der Waals surface area contributed by atoms with Crippen LogP contribution in [0.2, 0.25) is 5.02 Å². The number of aliphatic carboxylic acids is 1. The Morgan fingerprint density at radius 3 is 2.65 bits per heavy atom. The first-order valence-corrected chi connectivity index (χ1v) is 6.23. The highest BCUT2D eigenvalue weighted by atomic mass is 35.5. The molecule has 0 amide bonds. The van der Waals surface area contributed by atoms with Gasteiger partial charge in [-0.3, -0.25) is 0 Å². The molecule has 0 bridgehead atoms. The fraction of sp³-hybridized carbons (Fsp3) is 0.143. The third kappa shape index (κ3) is 3.19. The number of para-hydroxylation sites is 1. The van der Waals surface area contributed by atoms with Gasteiger partial charge in [0.1, 0.15) is 0 Å². The summed E-state index contributed by atoms with van der Waals surface area (Å²) in [6.45, 7) is 0. The summed E-state index contributed by atoms with van der Waals surface area (Å²) in [6.07, 6.45) is 1.46. The van der Waals surface area contributed by atoms with E-state index in [1.165, 1.54) is 13.3 Å². The van der Waals surface area contributed by atoms with Crippen LogP contribution in [0.3, 0.4) is 0 Å². The molecule has 0 aliphatic heterocycles. The van der Waals surface area contributed by atoms with E-state index in [9.17, 15) is 9.90 Å². The van der Waals surface area contributed by atoms with Crippen LogP contribution in [0, 0.1) is 0 Å². The molecule has 1 heterocycles. The molecule has 6 heteroatoms. The summed E-state index contributed by atoms with van der Waals surface area (Å²) in [5.41, 5.74) is 1.07. The van der Waals surface area contributed by atoms with Crippen molar-refractivity contribution in [1.29, 1.82) is 0 Å². The van der Waals surface area contributed by atoms with Crippen molar-refractivity contribution in [3.63, 3.8) is 0 Å². The first kappa shape index (κ1) is 14.1. The number of nitrogens with zero attached hydrogens (tertiary/aromatic N) is 1. The minimum atomic E-state index is -1.02. The predicted molar refractivity (Wildman–Crippen MR) is 76.2 cm³/mol. The summed E-state index contributed by atoms with van der Waals surface area (Å²) in [5.74, 6) is -0.590. The highest BCUT2D eigenvalue weighted by molar-refractivity contribution is 6.33. The molecule has 0 aliphatic rings. The number of nitrogens with one attached hydrogen (secondary N) is 1. The molecule has 0 radical (unpaired) electrons. The maximum absolute atomic E-state index is 11.4. The highest BCUT2D eigenvalue weighted by Crippen LogP contribution is 2.26. The van der Waals surface area contributed by atoms with Gasteiger partial charge in [0.15, 0.2) is 6.04 Å². The molecule has 20 heavy (non-hydrogen) atoms. The summed E-state index contributed by atoms with van der Waals surface area (Å²) in [5, 5.41) is 12.7. The first-order chi connectivity index (χ1) is 9.61. The molecule has 0 spiro atoms. The molecule has 0 saturated heterocycles. The summed E-state index contributed by atoms with van der Waals surface area (Å²) < 4.78 is 4.95. The molecule has 2 aromatic rings. The number of carboxylic acid groups (broad SMARTS) is 1. The number of carboxylic acids is 1. The van der Waals surface area contributed by atoms with Gasteiger partial charge in [0.25, 0.3) is 0 Å². The Balaban J connectivity index is 2.27. The Kier molecular flexibility index (Phi) is 4.42. The minimum Gasteiger partial charge on any atom is -0.481 e. The summed E-state index contributed by atoms with van der Waals surface area (Å²) in [6, 6.07) is 9.28. The second-order valence-corrected chi connectivity index (χ2v) is 4.44.